The Morgan fingerprint density at radius 2 is 2.07 bits per heavy atom. The van der Waals surface area contributed by atoms with E-state index in [4.69, 9.17) is 5.11 Å². The lowest BCUT2D eigenvalue weighted by Crippen LogP contribution is -2.30. The molecule has 0 saturated heterocycles. The van der Waals surface area contributed by atoms with Gasteiger partial charge in [0, 0.05) is 56.6 Å². The number of hydrogen-bond acceptors (Lipinski definition) is 6. The van der Waals surface area contributed by atoms with Gasteiger partial charge in [0.25, 0.3) is 5.69 Å². The van der Waals surface area contributed by atoms with Gasteiger partial charge in [0.15, 0.2) is 0 Å². The molecule has 0 radical (unpaired) electrons. The molecule has 0 spiro atoms. The molecular formula is C18H21N5O4. The van der Waals surface area contributed by atoms with Gasteiger partial charge in [0.2, 0.25) is 0 Å². The fourth-order valence-electron chi connectivity index (χ4n) is 3.07. The van der Waals surface area contributed by atoms with Gasteiger partial charge in [-0.3, -0.25) is 20.0 Å². The number of carbonyl (C=O) groups is 1. The minimum Gasteiger partial charge on any atom is -0.465 e. The van der Waals surface area contributed by atoms with Crippen LogP contribution in [0.1, 0.15) is 16.8 Å². The Bertz CT molecular complexity index is 825. The van der Waals surface area contributed by atoms with Gasteiger partial charge in [-0.15, -0.1) is 0 Å². The Hall–Kier alpha value is -3.20. The second-order valence-electron chi connectivity index (χ2n) is 6.37. The Morgan fingerprint density at radius 1 is 1.30 bits per heavy atom. The average Bonchev–Trinajstić information content (AvgIpc) is 2.65. The van der Waals surface area contributed by atoms with Crippen LogP contribution >= 0.6 is 0 Å². The largest absolute Gasteiger partial charge is 0.465 e. The Balaban J connectivity index is 1.54. The molecule has 1 aromatic carbocycles. The molecule has 0 atom stereocenters. The van der Waals surface area contributed by atoms with Gasteiger partial charge in [-0.2, -0.15) is 0 Å². The topological polar surface area (TPSA) is 121 Å². The molecule has 3 N–H and O–H groups in total. The third kappa shape index (κ3) is 5.14. The van der Waals surface area contributed by atoms with E-state index in [2.05, 4.69) is 20.5 Å². The summed E-state index contributed by atoms with van der Waals surface area (Å²) in [4.78, 5) is 27.4. The number of hydrogen-bond donors (Lipinski definition) is 3. The lowest BCUT2D eigenvalue weighted by molar-refractivity contribution is -0.385. The summed E-state index contributed by atoms with van der Waals surface area (Å²) in [6.07, 6.45) is 1.08. The van der Waals surface area contributed by atoms with Gasteiger partial charge in [0.1, 0.15) is 6.20 Å². The first-order chi connectivity index (χ1) is 13.0. The summed E-state index contributed by atoms with van der Waals surface area (Å²) in [6.45, 7) is 3.11. The van der Waals surface area contributed by atoms with Gasteiger partial charge >= 0.3 is 6.09 Å². The van der Waals surface area contributed by atoms with Crippen LogP contribution in [0.25, 0.3) is 0 Å². The first-order valence-electron chi connectivity index (χ1n) is 8.65. The zero-order chi connectivity index (χ0) is 19.2. The first-order valence-corrected chi connectivity index (χ1v) is 8.65. The monoisotopic (exact) mass is 371 g/mol. The van der Waals surface area contributed by atoms with Crippen molar-refractivity contribution < 1.29 is 14.8 Å². The SMILES string of the molecule is O=C(O)NCCNc1ccc(CN2CCc3ncc([N+](=O)[O-])cc3C2)cc1. The van der Waals surface area contributed by atoms with E-state index in [1.807, 2.05) is 24.3 Å². The zero-order valence-corrected chi connectivity index (χ0v) is 14.7. The molecule has 2 aromatic rings. The van der Waals surface area contributed by atoms with Crippen LogP contribution in [-0.2, 0) is 19.5 Å². The second kappa shape index (κ2) is 8.45. The number of anilines is 1. The maximum Gasteiger partial charge on any atom is 0.404 e. The van der Waals surface area contributed by atoms with Crippen molar-refractivity contribution in [1.82, 2.24) is 15.2 Å². The van der Waals surface area contributed by atoms with Crippen LogP contribution in [0, 0.1) is 10.1 Å². The molecule has 0 bridgehead atoms. The molecule has 2 heterocycles. The second-order valence-corrected chi connectivity index (χ2v) is 6.37. The van der Waals surface area contributed by atoms with Gasteiger partial charge in [-0.05, 0) is 23.3 Å². The number of nitrogens with zero attached hydrogens (tertiary/aromatic N) is 3. The summed E-state index contributed by atoms with van der Waals surface area (Å²) in [5, 5.41) is 24.9. The summed E-state index contributed by atoms with van der Waals surface area (Å²) in [5.74, 6) is 0. The number of nitro groups is 1. The van der Waals surface area contributed by atoms with Gasteiger partial charge in [-0.25, -0.2) is 4.79 Å². The van der Waals surface area contributed by atoms with Crippen molar-refractivity contribution in [3.05, 3.63) is 63.5 Å². The number of pyridine rings is 1. The summed E-state index contributed by atoms with van der Waals surface area (Å²) >= 11 is 0. The van der Waals surface area contributed by atoms with E-state index < -0.39 is 11.0 Å². The molecule has 9 nitrogen and oxygen atoms in total. The number of carboxylic acid groups (broad SMARTS) is 1. The van der Waals surface area contributed by atoms with Crippen LogP contribution < -0.4 is 10.6 Å². The predicted octanol–water partition coefficient (Wildman–Crippen LogP) is 2.23. The van der Waals surface area contributed by atoms with Crippen molar-refractivity contribution in [3.63, 3.8) is 0 Å². The highest BCUT2D eigenvalue weighted by atomic mass is 16.6. The van der Waals surface area contributed by atoms with E-state index >= 15 is 0 Å². The quantitative estimate of drug-likeness (QED) is 0.388. The number of rotatable bonds is 7. The van der Waals surface area contributed by atoms with E-state index in [0.717, 1.165) is 42.0 Å². The van der Waals surface area contributed by atoms with E-state index in [1.165, 1.54) is 6.20 Å². The minimum absolute atomic E-state index is 0.0309. The zero-order valence-electron chi connectivity index (χ0n) is 14.7. The van der Waals surface area contributed by atoms with E-state index in [-0.39, 0.29) is 5.69 Å². The van der Waals surface area contributed by atoms with Crippen LogP contribution in [0.5, 0.6) is 0 Å². The maximum absolute atomic E-state index is 10.9. The van der Waals surface area contributed by atoms with Crippen molar-refractivity contribution in [2.75, 3.05) is 25.0 Å². The molecule has 3 rings (SSSR count). The highest BCUT2D eigenvalue weighted by Gasteiger charge is 2.20. The lowest BCUT2D eigenvalue weighted by atomic mass is 10.0. The van der Waals surface area contributed by atoms with Gasteiger partial charge in [-0.1, -0.05) is 12.1 Å². The Morgan fingerprint density at radius 3 is 2.78 bits per heavy atom. The number of amides is 1. The summed E-state index contributed by atoms with van der Waals surface area (Å²) < 4.78 is 0. The Kier molecular flexibility index (Phi) is 5.82. The lowest BCUT2D eigenvalue weighted by Gasteiger charge is -2.28. The highest BCUT2D eigenvalue weighted by Crippen LogP contribution is 2.23. The molecule has 0 fully saturated rings. The summed E-state index contributed by atoms with van der Waals surface area (Å²) in [5.41, 5.74) is 3.95. The molecule has 0 unspecified atom stereocenters. The molecule has 1 aliphatic rings. The van der Waals surface area contributed by atoms with Crippen LogP contribution in [0.15, 0.2) is 36.5 Å². The first kappa shape index (κ1) is 18.6. The third-order valence-electron chi connectivity index (χ3n) is 4.41. The van der Waals surface area contributed by atoms with E-state index in [9.17, 15) is 14.9 Å². The van der Waals surface area contributed by atoms with Crippen molar-refractivity contribution in [1.29, 1.82) is 0 Å². The van der Waals surface area contributed by atoms with Crippen LogP contribution in [0.2, 0.25) is 0 Å². The fourth-order valence-corrected chi connectivity index (χ4v) is 3.07. The van der Waals surface area contributed by atoms with Crippen molar-refractivity contribution >= 4 is 17.5 Å². The van der Waals surface area contributed by atoms with Crippen LogP contribution in [0.3, 0.4) is 0 Å². The number of aromatic nitrogens is 1. The molecule has 0 aliphatic carbocycles. The normalized spacial score (nSPS) is 13.6. The highest BCUT2D eigenvalue weighted by molar-refractivity contribution is 5.64. The molecule has 9 heteroatoms. The van der Waals surface area contributed by atoms with E-state index in [1.54, 1.807) is 6.07 Å². The molecule has 1 aromatic heterocycles. The van der Waals surface area contributed by atoms with Crippen molar-refractivity contribution in [3.8, 4) is 0 Å². The standard InChI is InChI=1S/C18H21N5O4/c24-18(25)20-7-6-19-15-3-1-13(2-4-15)11-22-8-5-17-14(12-22)9-16(10-21-17)23(26)27/h1-4,9-10,19-20H,5-8,11-12H2,(H,24,25). The number of fused-ring (bicyclic) bond motifs is 1. The van der Waals surface area contributed by atoms with E-state index in [0.29, 0.717) is 19.6 Å². The predicted molar refractivity (Wildman–Crippen MR) is 99.7 cm³/mol. The average molecular weight is 371 g/mol. The van der Waals surface area contributed by atoms with Crippen molar-refractivity contribution in [2.45, 2.75) is 19.5 Å². The number of nitrogens with one attached hydrogen (secondary N) is 2. The van der Waals surface area contributed by atoms with Crippen LogP contribution in [-0.4, -0.2) is 45.6 Å². The molecular weight excluding hydrogens is 350 g/mol. The molecule has 0 saturated carbocycles. The van der Waals surface area contributed by atoms with Gasteiger partial charge in [0.05, 0.1) is 4.92 Å². The molecule has 142 valence electrons. The smallest absolute Gasteiger partial charge is 0.404 e. The van der Waals surface area contributed by atoms with Crippen molar-refractivity contribution in [2.24, 2.45) is 0 Å². The van der Waals surface area contributed by atoms with Crippen LogP contribution in [0.4, 0.5) is 16.2 Å². The minimum atomic E-state index is -1.03. The summed E-state index contributed by atoms with van der Waals surface area (Å²) in [6, 6.07) is 9.58. The fraction of sp³-hybridized carbons (Fsp3) is 0.333. The summed E-state index contributed by atoms with van der Waals surface area (Å²) in [7, 11) is 0. The Labute approximate surface area is 156 Å². The molecule has 1 aliphatic heterocycles. The number of benzene rings is 1. The molecule has 27 heavy (non-hydrogen) atoms. The van der Waals surface area contributed by atoms with Gasteiger partial charge < -0.3 is 15.7 Å². The third-order valence-corrected chi connectivity index (χ3v) is 4.41. The maximum atomic E-state index is 10.9. The molecule has 1 amide bonds.